The fourth-order valence-electron chi connectivity index (χ4n) is 4.36. The average Bonchev–Trinajstić information content (AvgIpc) is 3.31. The van der Waals surface area contributed by atoms with Gasteiger partial charge in [0.1, 0.15) is 0 Å². The van der Waals surface area contributed by atoms with Gasteiger partial charge in [0.15, 0.2) is 0 Å². The van der Waals surface area contributed by atoms with Crippen LogP contribution in [0.2, 0.25) is 0 Å². The van der Waals surface area contributed by atoms with Gasteiger partial charge in [-0.3, -0.25) is 9.59 Å². The Labute approximate surface area is 170 Å². The molecule has 154 valence electrons. The fourth-order valence-corrected chi connectivity index (χ4v) is 6.14. The largest absolute Gasteiger partial charge is 0.339 e. The molecule has 0 bridgehead atoms. The number of piperazine rings is 1. The van der Waals surface area contributed by atoms with Crippen LogP contribution in [0, 0.1) is 11.8 Å². The maximum Gasteiger partial charge on any atom is 0.226 e. The lowest BCUT2D eigenvalue weighted by molar-refractivity contribution is -0.143. The van der Waals surface area contributed by atoms with Crippen molar-refractivity contribution < 1.29 is 18.0 Å². The molecule has 1 aromatic heterocycles. The number of piperidine rings is 1. The Kier molecular flexibility index (Phi) is 5.50. The number of thiophene rings is 1. The van der Waals surface area contributed by atoms with Crippen LogP contribution in [0.15, 0.2) is 17.5 Å². The molecule has 2 saturated heterocycles. The molecule has 2 atom stereocenters. The van der Waals surface area contributed by atoms with Crippen LogP contribution in [0.25, 0.3) is 0 Å². The zero-order valence-corrected chi connectivity index (χ0v) is 17.8. The van der Waals surface area contributed by atoms with E-state index in [1.165, 1.54) is 15.4 Å². The molecule has 28 heavy (non-hydrogen) atoms. The smallest absolute Gasteiger partial charge is 0.226 e. The van der Waals surface area contributed by atoms with Crippen LogP contribution in [0.1, 0.15) is 30.1 Å². The third kappa shape index (κ3) is 4.11. The van der Waals surface area contributed by atoms with Gasteiger partial charge < -0.3 is 9.80 Å². The van der Waals surface area contributed by atoms with Gasteiger partial charge >= 0.3 is 0 Å². The van der Waals surface area contributed by atoms with Crippen LogP contribution in [-0.4, -0.2) is 79.9 Å². The zero-order chi connectivity index (χ0) is 19.9. The zero-order valence-electron chi connectivity index (χ0n) is 16.1. The molecule has 1 aliphatic carbocycles. The Morgan fingerprint density at radius 2 is 1.61 bits per heavy atom. The molecule has 0 radical (unpaired) electrons. The van der Waals surface area contributed by atoms with Gasteiger partial charge in [-0.05, 0) is 30.7 Å². The third-order valence-corrected chi connectivity index (χ3v) is 8.50. The van der Waals surface area contributed by atoms with Crippen LogP contribution in [0.3, 0.4) is 0 Å². The van der Waals surface area contributed by atoms with Crippen molar-refractivity contribution in [2.24, 2.45) is 11.8 Å². The summed E-state index contributed by atoms with van der Waals surface area (Å²) in [5.74, 6) is 0.732. The predicted molar refractivity (Wildman–Crippen MR) is 107 cm³/mol. The second kappa shape index (κ2) is 7.76. The van der Waals surface area contributed by atoms with Crippen molar-refractivity contribution >= 4 is 33.2 Å². The Morgan fingerprint density at radius 3 is 2.14 bits per heavy atom. The molecular weight excluding hydrogens is 398 g/mol. The Morgan fingerprint density at radius 1 is 1.00 bits per heavy atom. The number of rotatable bonds is 4. The predicted octanol–water partition coefficient (Wildman–Crippen LogP) is 1.19. The second-order valence-corrected chi connectivity index (χ2v) is 11.0. The molecule has 1 aromatic rings. The highest BCUT2D eigenvalue weighted by Crippen LogP contribution is 2.50. The maximum atomic E-state index is 12.8. The van der Waals surface area contributed by atoms with Crippen LogP contribution in [0.5, 0.6) is 0 Å². The summed E-state index contributed by atoms with van der Waals surface area (Å²) in [6, 6.07) is 4.14. The maximum absolute atomic E-state index is 12.8. The highest BCUT2D eigenvalue weighted by Gasteiger charge is 2.46. The summed E-state index contributed by atoms with van der Waals surface area (Å²) >= 11 is 1.72. The normalized spacial score (nSPS) is 27.0. The average molecular weight is 426 g/mol. The minimum absolute atomic E-state index is 0.105. The van der Waals surface area contributed by atoms with E-state index < -0.39 is 10.0 Å². The molecular formula is C19H27N3O4S2. The topological polar surface area (TPSA) is 78.0 Å². The number of carbonyl (C=O) groups is 2. The van der Waals surface area contributed by atoms with E-state index in [-0.39, 0.29) is 23.7 Å². The molecule has 1 saturated carbocycles. The van der Waals surface area contributed by atoms with Gasteiger partial charge in [-0.1, -0.05) is 6.07 Å². The number of nitrogens with zero attached hydrogens (tertiary/aromatic N) is 3. The molecule has 2 aliphatic heterocycles. The number of amides is 2. The summed E-state index contributed by atoms with van der Waals surface area (Å²) < 4.78 is 24.7. The summed E-state index contributed by atoms with van der Waals surface area (Å²) in [6.07, 6.45) is 3.32. The highest BCUT2D eigenvalue weighted by atomic mass is 32.2. The second-order valence-electron chi connectivity index (χ2n) is 8.05. The summed E-state index contributed by atoms with van der Waals surface area (Å²) in [4.78, 5) is 30.6. The molecule has 4 rings (SSSR count). The summed E-state index contributed by atoms with van der Waals surface area (Å²) in [5.41, 5.74) is 0. The quantitative estimate of drug-likeness (QED) is 0.726. The van der Waals surface area contributed by atoms with Crippen LogP contribution in [0.4, 0.5) is 0 Å². The number of carbonyl (C=O) groups excluding carboxylic acids is 2. The number of hydrogen-bond donors (Lipinski definition) is 0. The van der Waals surface area contributed by atoms with E-state index >= 15 is 0 Å². The van der Waals surface area contributed by atoms with Crippen molar-refractivity contribution in [1.29, 1.82) is 0 Å². The van der Waals surface area contributed by atoms with Gasteiger partial charge in [-0.15, -0.1) is 11.3 Å². The first-order chi connectivity index (χ1) is 13.3. The highest BCUT2D eigenvalue weighted by molar-refractivity contribution is 7.88. The summed E-state index contributed by atoms with van der Waals surface area (Å²) in [7, 11) is -3.17. The molecule has 3 fully saturated rings. The Bertz CT molecular complexity index is 823. The van der Waals surface area contributed by atoms with E-state index in [2.05, 4.69) is 11.4 Å². The van der Waals surface area contributed by atoms with Crippen molar-refractivity contribution in [3.8, 4) is 0 Å². The third-order valence-electron chi connectivity index (χ3n) is 6.19. The number of hydrogen-bond acceptors (Lipinski definition) is 5. The minimum Gasteiger partial charge on any atom is -0.339 e. The van der Waals surface area contributed by atoms with Crippen LogP contribution in [-0.2, 0) is 19.6 Å². The molecule has 3 aliphatic rings. The van der Waals surface area contributed by atoms with E-state index in [0.29, 0.717) is 58.0 Å². The van der Waals surface area contributed by atoms with Gasteiger partial charge in [0.05, 0.1) is 6.26 Å². The van der Waals surface area contributed by atoms with Gasteiger partial charge in [-0.25, -0.2) is 12.7 Å². The molecule has 0 unspecified atom stereocenters. The molecule has 7 nitrogen and oxygen atoms in total. The van der Waals surface area contributed by atoms with Gasteiger partial charge in [-0.2, -0.15) is 0 Å². The lowest BCUT2D eigenvalue weighted by atomic mass is 9.96. The Balaban J connectivity index is 1.24. The molecule has 3 heterocycles. The van der Waals surface area contributed by atoms with Gasteiger partial charge in [0.25, 0.3) is 0 Å². The van der Waals surface area contributed by atoms with Gasteiger partial charge in [0, 0.05) is 61.9 Å². The molecule has 9 heteroatoms. The lowest BCUT2D eigenvalue weighted by Gasteiger charge is -2.38. The van der Waals surface area contributed by atoms with E-state index in [4.69, 9.17) is 0 Å². The van der Waals surface area contributed by atoms with Gasteiger partial charge in [0.2, 0.25) is 21.8 Å². The first-order valence-electron chi connectivity index (χ1n) is 9.90. The van der Waals surface area contributed by atoms with Crippen LogP contribution >= 0.6 is 11.3 Å². The fraction of sp³-hybridized carbons (Fsp3) is 0.684. The summed E-state index contributed by atoms with van der Waals surface area (Å²) in [6.45, 7) is 3.18. The number of sulfonamides is 1. The molecule has 2 amide bonds. The van der Waals surface area contributed by atoms with E-state index in [9.17, 15) is 18.0 Å². The van der Waals surface area contributed by atoms with E-state index in [1.54, 1.807) is 11.3 Å². The van der Waals surface area contributed by atoms with Crippen molar-refractivity contribution in [3.63, 3.8) is 0 Å². The van der Waals surface area contributed by atoms with E-state index in [0.717, 1.165) is 6.42 Å². The minimum atomic E-state index is -3.17. The monoisotopic (exact) mass is 425 g/mol. The first-order valence-corrected chi connectivity index (χ1v) is 12.6. The van der Waals surface area contributed by atoms with E-state index in [1.807, 2.05) is 15.9 Å². The molecule has 0 N–H and O–H groups in total. The molecule has 0 spiro atoms. The van der Waals surface area contributed by atoms with Crippen molar-refractivity contribution in [2.75, 3.05) is 45.5 Å². The standard InChI is InChI=1S/C19H27N3O4S2/c1-28(25,26)22-6-4-14(5-7-22)18(23)20-8-10-21(11-9-20)19(24)16-13-15(16)17-3-2-12-27-17/h2-3,12,14-16H,4-11,13H2,1H3/t15-,16+/m0/s1. The SMILES string of the molecule is CS(=O)(=O)N1CCC(C(=O)N2CCN(C(=O)[C@@H]3C[C@@H]3c3cccs3)CC2)CC1. The summed E-state index contributed by atoms with van der Waals surface area (Å²) in [5, 5.41) is 2.06. The molecule has 0 aromatic carbocycles. The Hall–Kier alpha value is -1.45. The van der Waals surface area contributed by atoms with Crippen molar-refractivity contribution in [2.45, 2.75) is 25.2 Å². The van der Waals surface area contributed by atoms with Crippen molar-refractivity contribution in [3.05, 3.63) is 22.4 Å². The van der Waals surface area contributed by atoms with Crippen molar-refractivity contribution in [1.82, 2.24) is 14.1 Å². The van der Waals surface area contributed by atoms with Crippen LogP contribution < -0.4 is 0 Å². The first kappa shape index (κ1) is 19.8. The lowest BCUT2D eigenvalue weighted by Crippen LogP contribution is -2.53.